The van der Waals surface area contributed by atoms with Gasteiger partial charge in [0.1, 0.15) is 0 Å². The fraction of sp³-hybridized carbons (Fsp3) is 0.185. The van der Waals surface area contributed by atoms with Crippen molar-refractivity contribution < 1.29 is 4.79 Å². The zero-order valence-electron chi connectivity index (χ0n) is 20.0. The monoisotopic (exact) mass is 484 g/mol. The van der Waals surface area contributed by atoms with Crippen LogP contribution in [-0.2, 0) is 11.3 Å². The summed E-state index contributed by atoms with van der Waals surface area (Å²) in [4.78, 5) is 12.7. The summed E-state index contributed by atoms with van der Waals surface area (Å²) in [5, 5.41) is 16.6. The summed E-state index contributed by atoms with van der Waals surface area (Å²) in [6, 6.07) is 26.0. The normalized spacial score (nSPS) is 12.0. The first-order valence-electron chi connectivity index (χ1n) is 11.4. The summed E-state index contributed by atoms with van der Waals surface area (Å²) in [5.74, 6) is 0.547. The first kappa shape index (κ1) is 24.2. The van der Waals surface area contributed by atoms with Crippen LogP contribution < -0.4 is 10.7 Å². The Labute approximate surface area is 209 Å². The highest BCUT2D eigenvalue weighted by molar-refractivity contribution is 8.00. The number of hydrazone groups is 1. The molecule has 1 atom stereocenters. The van der Waals surface area contributed by atoms with Crippen molar-refractivity contribution in [2.24, 2.45) is 5.10 Å². The van der Waals surface area contributed by atoms with Gasteiger partial charge in [-0.1, -0.05) is 71.9 Å². The van der Waals surface area contributed by atoms with E-state index in [0.717, 1.165) is 28.3 Å². The van der Waals surface area contributed by atoms with Crippen molar-refractivity contribution in [3.63, 3.8) is 0 Å². The largest absolute Gasteiger partial charge is 0.378 e. The molecule has 4 rings (SSSR count). The molecule has 3 aromatic carbocycles. The van der Waals surface area contributed by atoms with Crippen LogP contribution in [0.2, 0.25) is 0 Å². The van der Waals surface area contributed by atoms with E-state index in [-0.39, 0.29) is 5.91 Å². The Morgan fingerprint density at radius 1 is 1.00 bits per heavy atom. The highest BCUT2D eigenvalue weighted by Crippen LogP contribution is 2.26. The molecule has 0 aliphatic rings. The van der Waals surface area contributed by atoms with Gasteiger partial charge in [0.25, 0.3) is 5.91 Å². The van der Waals surface area contributed by atoms with Gasteiger partial charge in [-0.15, -0.1) is 10.2 Å². The molecule has 0 spiro atoms. The predicted octanol–water partition coefficient (Wildman–Crippen LogP) is 5.13. The molecule has 35 heavy (non-hydrogen) atoms. The smallest absolute Gasteiger partial charge is 0.253 e. The average Bonchev–Trinajstić information content (AvgIpc) is 3.27. The van der Waals surface area contributed by atoms with Crippen molar-refractivity contribution >= 4 is 29.6 Å². The number of hydrogen-bond donors (Lipinski definition) is 2. The summed E-state index contributed by atoms with van der Waals surface area (Å²) in [7, 11) is 0. The van der Waals surface area contributed by atoms with Crippen LogP contribution in [-0.4, -0.2) is 32.1 Å². The third kappa shape index (κ3) is 6.36. The second kappa shape index (κ2) is 11.5. The molecular formula is C27H28N6OS. The molecule has 0 saturated carbocycles. The lowest BCUT2D eigenvalue weighted by Crippen LogP contribution is -2.27. The molecule has 178 valence electrons. The molecule has 0 unspecified atom stereocenters. The van der Waals surface area contributed by atoms with Gasteiger partial charge >= 0.3 is 0 Å². The predicted molar refractivity (Wildman–Crippen MR) is 142 cm³/mol. The van der Waals surface area contributed by atoms with Crippen molar-refractivity contribution in [2.45, 2.75) is 37.7 Å². The van der Waals surface area contributed by atoms with Gasteiger partial charge < -0.3 is 5.32 Å². The zero-order valence-corrected chi connectivity index (χ0v) is 20.8. The van der Waals surface area contributed by atoms with Crippen molar-refractivity contribution in [3.8, 4) is 5.69 Å². The molecule has 0 bridgehead atoms. The number of para-hydroxylation sites is 1. The van der Waals surface area contributed by atoms with E-state index in [1.165, 1.54) is 17.3 Å². The van der Waals surface area contributed by atoms with E-state index in [1.807, 2.05) is 85.1 Å². The molecule has 1 heterocycles. The van der Waals surface area contributed by atoms with Crippen LogP contribution in [0.25, 0.3) is 5.69 Å². The standard InChI is InChI=1S/C27H28N6OS/c1-19-13-15-23(16-14-19)28-18-25-30-32-27(33(25)24-11-5-4-6-12-24)35-21(3)26(34)31-29-17-22-10-8-7-9-20(22)2/h4-17,21,28H,18H2,1-3H3,(H,31,34)/b29-17-/t21-/m0/s1. The van der Waals surface area contributed by atoms with E-state index in [9.17, 15) is 4.79 Å². The molecule has 0 aliphatic heterocycles. The highest BCUT2D eigenvalue weighted by atomic mass is 32.2. The molecule has 1 amide bonds. The lowest BCUT2D eigenvalue weighted by atomic mass is 10.1. The Bertz CT molecular complexity index is 1300. The van der Waals surface area contributed by atoms with Gasteiger partial charge in [0.15, 0.2) is 11.0 Å². The third-order valence-corrected chi connectivity index (χ3v) is 6.48. The number of nitrogens with one attached hydrogen (secondary N) is 2. The number of nitrogens with zero attached hydrogens (tertiary/aromatic N) is 4. The SMILES string of the molecule is Cc1ccc(NCc2nnc(S[C@@H](C)C(=O)N/N=C\c3ccccc3C)n2-c2ccccc2)cc1. The van der Waals surface area contributed by atoms with Crippen LogP contribution in [0.4, 0.5) is 5.69 Å². The van der Waals surface area contributed by atoms with Crippen LogP contribution >= 0.6 is 11.8 Å². The van der Waals surface area contributed by atoms with Crippen LogP contribution in [0.3, 0.4) is 0 Å². The highest BCUT2D eigenvalue weighted by Gasteiger charge is 2.21. The van der Waals surface area contributed by atoms with Gasteiger partial charge in [0.05, 0.1) is 18.0 Å². The molecule has 2 N–H and O–H groups in total. The number of carbonyl (C=O) groups excluding carboxylic acids is 1. The van der Waals surface area contributed by atoms with Gasteiger partial charge in [-0.3, -0.25) is 9.36 Å². The molecule has 8 heteroatoms. The van der Waals surface area contributed by atoms with E-state index in [0.29, 0.717) is 11.7 Å². The summed E-state index contributed by atoms with van der Waals surface area (Å²) in [5.41, 5.74) is 7.84. The van der Waals surface area contributed by atoms with Gasteiger partial charge in [-0.2, -0.15) is 5.10 Å². The number of amides is 1. The topological polar surface area (TPSA) is 84.2 Å². The van der Waals surface area contributed by atoms with Crippen LogP contribution in [0.1, 0.15) is 29.4 Å². The van der Waals surface area contributed by atoms with E-state index >= 15 is 0 Å². The molecular weight excluding hydrogens is 456 g/mol. The maximum atomic E-state index is 12.7. The second-order valence-corrected chi connectivity index (χ2v) is 9.45. The van der Waals surface area contributed by atoms with Gasteiger partial charge in [0.2, 0.25) is 0 Å². The minimum absolute atomic E-state index is 0.207. The van der Waals surface area contributed by atoms with Crippen LogP contribution in [0.5, 0.6) is 0 Å². The van der Waals surface area contributed by atoms with Crippen LogP contribution in [0, 0.1) is 13.8 Å². The number of benzene rings is 3. The van der Waals surface area contributed by atoms with E-state index in [4.69, 9.17) is 0 Å². The Kier molecular flexibility index (Phi) is 7.95. The van der Waals surface area contributed by atoms with E-state index in [1.54, 1.807) is 6.21 Å². The maximum Gasteiger partial charge on any atom is 0.253 e. The zero-order chi connectivity index (χ0) is 24.6. The van der Waals surface area contributed by atoms with Crippen molar-refractivity contribution in [1.82, 2.24) is 20.2 Å². The number of anilines is 1. The fourth-order valence-corrected chi connectivity index (χ4v) is 4.26. The van der Waals surface area contributed by atoms with Gasteiger partial charge in [-0.25, -0.2) is 5.43 Å². The number of thioether (sulfide) groups is 1. The summed E-state index contributed by atoms with van der Waals surface area (Å²) in [6.45, 7) is 6.39. The maximum absolute atomic E-state index is 12.7. The van der Waals surface area contributed by atoms with Crippen LogP contribution in [0.15, 0.2) is 89.1 Å². The lowest BCUT2D eigenvalue weighted by molar-refractivity contribution is -0.120. The molecule has 0 aliphatic carbocycles. The molecule has 4 aromatic rings. The molecule has 1 aromatic heterocycles. The molecule has 0 saturated heterocycles. The van der Waals surface area contributed by atoms with Crippen molar-refractivity contribution in [3.05, 3.63) is 101 Å². The fourth-order valence-electron chi connectivity index (χ4n) is 3.38. The van der Waals surface area contributed by atoms with E-state index in [2.05, 4.69) is 45.1 Å². The molecule has 0 fully saturated rings. The number of aryl methyl sites for hydroxylation is 2. The third-order valence-electron chi connectivity index (χ3n) is 5.44. The Hall–Kier alpha value is -3.91. The number of hydrogen-bond acceptors (Lipinski definition) is 6. The van der Waals surface area contributed by atoms with Gasteiger partial charge in [-0.05, 0) is 56.2 Å². The number of carbonyl (C=O) groups is 1. The molecule has 0 radical (unpaired) electrons. The Morgan fingerprint density at radius 2 is 1.71 bits per heavy atom. The van der Waals surface area contributed by atoms with Crippen molar-refractivity contribution in [1.29, 1.82) is 0 Å². The quantitative estimate of drug-likeness (QED) is 0.196. The first-order chi connectivity index (χ1) is 17.0. The minimum atomic E-state index is -0.423. The van der Waals surface area contributed by atoms with E-state index < -0.39 is 5.25 Å². The Morgan fingerprint density at radius 3 is 2.46 bits per heavy atom. The number of aromatic nitrogens is 3. The Balaban J connectivity index is 1.47. The minimum Gasteiger partial charge on any atom is -0.378 e. The second-order valence-electron chi connectivity index (χ2n) is 8.14. The summed E-state index contributed by atoms with van der Waals surface area (Å²) >= 11 is 1.34. The van der Waals surface area contributed by atoms with Gasteiger partial charge in [0, 0.05) is 11.4 Å². The summed E-state index contributed by atoms with van der Waals surface area (Å²) in [6.07, 6.45) is 1.66. The summed E-state index contributed by atoms with van der Waals surface area (Å²) < 4.78 is 1.98. The van der Waals surface area contributed by atoms with Crippen molar-refractivity contribution in [2.75, 3.05) is 5.32 Å². The molecule has 7 nitrogen and oxygen atoms in total. The number of rotatable bonds is 9. The first-order valence-corrected chi connectivity index (χ1v) is 12.2. The average molecular weight is 485 g/mol. The lowest BCUT2D eigenvalue weighted by Gasteiger charge is -2.13.